The Morgan fingerprint density at radius 3 is 2.50 bits per heavy atom. The standard InChI is InChI=1S/C12H19N3O/c1-3-15(9-12(13)14-16)8-11-6-4-10(2)5-7-11/h4-7,16H,3,8-9H2,1-2H3,(H2,13,14). The van der Waals surface area contributed by atoms with Gasteiger partial charge in [-0.25, -0.2) is 0 Å². The van der Waals surface area contributed by atoms with Crippen LogP contribution in [-0.4, -0.2) is 29.0 Å². The van der Waals surface area contributed by atoms with Gasteiger partial charge in [-0.15, -0.1) is 0 Å². The average Bonchev–Trinajstić information content (AvgIpc) is 2.30. The maximum atomic E-state index is 8.52. The minimum Gasteiger partial charge on any atom is -0.409 e. The monoisotopic (exact) mass is 221 g/mol. The third kappa shape index (κ3) is 3.90. The minimum atomic E-state index is 0.244. The van der Waals surface area contributed by atoms with Crippen molar-refractivity contribution < 1.29 is 5.21 Å². The molecule has 0 saturated heterocycles. The molecule has 0 radical (unpaired) electrons. The number of hydrogen-bond donors (Lipinski definition) is 2. The zero-order valence-corrected chi connectivity index (χ0v) is 9.85. The number of nitrogens with two attached hydrogens (primary N) is 1. The largest absolute Gasteiger partial charge is 0.409 e. The van der Waals surface area contributed by atoms with Crippen LogP contribution in [0.2, 0.25) is 0 Å². The van der Waals surface area contributed by atoms with Crippen molar-refractivity contribution in [2.24, 2.45) is 10.9 Å². The highest BCUT2D eigenvalue weighted by Crippen LogP contribution is 2.06. The average molecular weight is 221 g/mol. The predicted octanol–water partition coefficient (Wildman–Crippen LogP) is 1.56. The van der Waals surface area contributed by atoms with Crippen LogP contribution in [0.5, 0.6) is 0 Å². The molecule has 0 aliphatic rings. The van der Waals surface area contributed by atoms with Gasteiger partial charge >= 0.3 is 0 Å². The Hall–Kier alpha value is -1.55. The van der Waals surface area contributed by atoms with E-state index in [1.54, 1.807) is 0 Å². The lowest BCUT2D eigenvalue weighted by Crippen LogP contribution is -2.33. The van der Waals surface area contributed by atoms with Gasteiger partial charge in [0.05, 0.1) is 6.54 Å². The summed E-state index contributed by atoms with van der Waals surface area (Å²) in [7, 11) is 0. The van der Waals surface area contributed by atoms with Gasteiger partial charge in [-0.05, 0) is 19.0 Å². The lowest BCUT2D eigenvalue weighted by Gasteiger charge is -2.19. The molecule has 88 valence electrons. The van der Waals surface area contributed by atoms with Crippen LogP contribution in [0.3, 0.4) is 0 Å². The summed E-state index contributed by atoms with van der Waals surface area (Å²) in [6, 6.07) is 8.38. The molecule has 0 heterocycles. The van der Waals surface area contributed by atoms with Crippen LogP contribution in [0.1, 0.15) is 18.1 Å². The van der Waals surface area contributed by atoms with Gasteiger partial charge in [-0.2, -0.15) is 0 Å². The molecular formula is C12H19N3O. The van der Waals surface area contributed by atoms with E-state index in [0.717, 1.165) is 13.1 Å². The minimum absolute atomic E-state index is 0.244. The van der Waals surface area contributed by atoms with Gasteiger partial charge in [0.25, 0.3) is 0 Å². The van der Waals surface area contributed by atoms with Crippen LogP contribution in [0.25, 0.3) is 0 Å². The lowest BCUT2D eigenvalue weighted by molar-refractivity contribution is 0.294. The Labute approximate surface area is 96.4 Å². The molecule has 0 spiro atoms. The summed E-state index contributed by atoms with van der Waals surface area (Å²) < 4.78 is 0. The van der Waals surface area contributed by atoms with Crippen molar-refractivity contribution in [1.29, 1.82) is 0 Å². The van der Waals surface area contributed by atoms with Gasteiger partial charge in [0.15, 0.2) is 5.84 Å². The van der Waals surface area contributed by atoms with E-state index in [2.05, 4.69) is 48.2 Å². The molecule has 4 heteroatoms. The number of nitrogens with zero attached hydrogens (tertiary/aromatic N) is 2. The number of likely N-dealkylation sites (N-methyl/N-ethyl adjacent to an activating group) is 1. The molecule has 0 bridgehead atoms. The fraction of sp³-hybridized carbons (Fsp3) is 0.417. The Morgan fingerprint density at radius 2 is 2.00 bits per heavy atom. The number of rotatable bonds is 5. The van der Waals surface area contributed by atoms with Crippen molar-refractivity contribution in [1.82, 2.24) is 4.90 Å². The van der Waals surface area contributed by atoms with Crippen molar-refractivity contribution in [2.45, 2.75) is 20.4 Å². The third-order valence-electron chi connectivity index (χ3n) is 2.49. The molecule has 3 N–H and O–H groups in total. The Bertz CT molecular complexity index is 346. The van der Waals surface area contributed by atoms with Crippen LogP contribution in [0.4, 0.5) is 0 Å². The number of hydrogen-bond acceptors (Lipinski definition) is 3. The smallest absolute Gasteiger partial charge is 0.153 e. The first-order valence-corrected chi connectivity index (χ1v) is 5.40. The topological polar surface area (TPSA) is 61.8 Å². The van der Waals surface area contributed by atoms with E-state index in [1.165, 1.54) is 11.1 Å². The molecule has 0 saturated carbocycles. The summed E-state index contributed by atoms with van der Waals surface area (Å²) in [4.78, 5) is 2.11. The summed E-state index contributed by atoms with van der Waals surface area (Å²) in [5.74, 6) is 0.244. The van der Waals surface area contributed by atoms with Crippen LogP contribution in [-0.2, 0) is 6.54 Å². The predicted molar refractivity (Wildman–Crippen MR) is 65.5 cm³/mol. The second kappa shape index (κ2) is 6.12. The van der Waals surface area contributed by atoms with Crippen molar-refractivity contribution in [3.8, 4) is 0 Å². The fourth-order valence-corrected chi connectivity index (χ4v) is 1.49. The maximum Gasteiger partial charge on any atom is 0.153 e. The second-order valence-corrected chi connectivity index (χ2v) is 3.88. The van der Waals surface area contributed by atoms with E-state index >= 15 is 0 Å². The van der Waals surface area contributed by atoms with Gasteiger partial charge in [0.1, 0.15) is 0 Å². The molecule has 1 aromatic carbocycles. The summed E-state index contributed by atoms with van der Waals surface area (Å²) in [5.41, 5.74) is 7.97. The number of aryl methyl sites for hydroxylation is 1. The van der Waals surface area contributed by atoms with E-state index in [4.69, 9.17) is 10.9 Å². The van der Waals surface area contributed by atoms with E-state index in [9.17, 15) is 0 Å². The molecule has 0 fully saturated rings. The highest BCUT2D eigenvalue weighted by Gasteiger charge is 2.05. The third-order valence-corrected chi connectivity index (χ3v) is 2.49. The molecule has 1 aromatic rings. The SMILES string of the molecule is CCN(CC(N)=NO)Cc1ccc(C)cc1. The normalized spacial score (nSPS) is 12.1. The Balaban J connectivity index is 2.59. The Morgan fingerprint density at radius 1 is 1.38 bits per heavy atom. The molecular weight excluding hydrogens is 202 g/mol. The maximum absolute atomic E-state index is 8.52. The summed E-state index contributed by atoms with van der Waals surface area (Å²) in [6.07, 6.45) is 0. The summed E-state index contributed by atoms with van der Waals surface area (Å²) >= 11 is 0. The zero-order valence-electron chi connectivity index (χ0n) is 9.85. The van der Waals surface area contributed by atoms with Crippen LogP contribution in [0, 0.1) is 6.92 Å². The Kier molecular flexibility index (Phi) is 4.79. The summed E-state index contributed by atoms with van der Waals surface area (Å²) in [5, 5.41) is 11.5. The molecule has 0 aliphatic carbocycles. The number of benzene rings is 1. The quantitative estimate of drug-likeness (QED) is 0.343. The van der Waals surface area contributed by atoms with Crippen molar-refractivity contribution in [3.05, 3.63) is 35.4 Å². The zero-order chi connectivity index (χ0) is 12.0. The van der Waals surface area contributed by atoms with Crippen molar-refractivity contribution in [2.75, 3.05) is 13.1 Å². The number of oxime groups is 1. The first-order valence-electron chi connectivity index (χ1n) is 5.40. The molecule has 0 amide bonds. The molecule has 0 unspecified atom stereocenters. The van der Waals surface area contributed by atoms with Crippen LogP contribution >= 0.6 is 0 Å². The van der Waals surface area contributed by atoms with E-state index in [0.29, 0.717) is 6.54 Å². The lowest BCUT2D eigenvalue weighted by atomic mass is 10.1. The van der Waals surface area contributed by atoms with Gasteiger partial charge in [-0.1, -0.05) is 41.9 Å². The van der Waals surface area contributed by atoms with Gasteiger partial charge < -0.3 is 10.9 Å². The first kappa shape index (κ1) is 12.5. The molecule has 16 heavy (non-hydrogen) atoms. The van der Waals surface area contributed by atoms with Crippen LogP contribution in [0.15, 0.2) is 29.4 Å². The van der Waals surface area contributed by atoms with E-state index in [1.807, 2.05) is 0 Å². The van der Waals surface area contributed by atoms with E-state index in [-0.39, 0.29) is 5.84 Å². The molecule has 0 atom stereocenters. The summed E-state index contributed by atoms with van der Waals surface area (Å²) in [6.45, 7) is 6.29. The van der Waals surface area contributed by atoms with Gasteiger partial charge in [-0.3, -0.25) is 4.90 Å². The van der Waals surface area contributed by atoms with Crippen LogP contribution < -0.4 is 5.73 Å². The molecule has 4 nitrogen and oxygen atoms in total. The molecule has 0 aromatic heterocycles. The molecule has 1 rings (SSSR count). The van der Waals surface area contributed by atoms with E-state index < -0.39 is 0 Å². The van der Waals surface area contributed by atoms with Crippen molar-refractivity contribution >= 4 is 5.84 Å². The highest BCUT2D eigenvalue weighted by atomic mass is 16.4. The second-order valence-electron chi connectivity index (χ2n) is 3.88. The molecule has 0 aliphatic heterocycles. The van der Waals surface area contributed by atoms with Gasteiger partial charge in [0.2, 0.25) is 0 Å². The van der Waals surface area contributed by atoms with Gasteiger partial charge in [0, 0.05) is 6.54 Å². The highest BCUT2D eigenvalue weighted by molar-refractivity contribution is 5.81. The number of amidine groups is 1. The fourth-order valence-electron chi connectivity index (χ4n) is 1.49. The first-order chi connectivity index (χ1) is 7.65. The van der Waals surface area contributed by atoms with Crippen molar-refractivity contribution in [3.63, 3.8) is 0 Å².